The quantitative estimate of drug-likeness (QED) is 0.636. The molecule has 0 saturated heterocycles. The number of H-pyrrole nitrogens is 1. The van der Waals surface area contributed by atoms with Crippen LogP contribution in [-0.2, 0) is 16.0 Å². The zero-order valence-corrected chi connectivity index (χ0v) is 11.8. The number of carboxylic acids is 1. The molecule has 2 aromatic rings. The number of aliphatic carboxylic acids is 1. The van der Waals surface area contributed by atoms with Gasteiger partial charge in [-0.3, -0.25) is 4.79 Å². The van der Waals surface area contributed by atoms with Crippen LogP contribution in [0, 0.1) is 0 Å². The van der Waals surface area contributed by atoms with Crippen molar-refractivity contribution in [2.45, 2.75) is 31.8 Å². The van der Waals surface area contributed by atoms with Gasteiger partial charge in [-0.2, -0.15) is 0 Å². The summed E-state index contributed by atoms with van der Waals surface area (Å²) in [6.07, 6.45) is 2.50. The van der Waals surface area contributed by atoms with Gasteiger partial charge in [0.25, 0.3) is 0 Å². The molecule has 1 heterocycles. The van der Waals surface area contributed by atoms with E-state index in [1.807, 2.05) is 30.5 Å². The number of para-hydroxylation sites is 1. The van der Waals surface area contributed by atoms with Gasteiger partial charge in [-0.05, 0) is 24.5 Å². The van der Waals surface area contributed by atoms with Crippen LogP contribution < -0.4 is 11.1 Å². The molecule has 0 aliphatic rings. The van der Waals surface area contributed by atoms with Crippen molar-refractivity contribution in [2.24, 2.45) is 5.73 Å². The fourth-order valence-corrected chi connectivity index (χ4v) is 2.25. The van der Waals surface area contributed by atoms with E-state index in [-0.39, 0.29) is 0 Å². The molecule has 2 rings (SSSR count). The number of benzene rings is 1. The molecular formula is C15H19N3O3. The molecule has 0 saturated carbocycles. The monoisotopic (exact) mass is 289 g/mol. The first-order valence-corrected chi connectivity index (χ1v) is 6.86. The molecule has 0 radical (unpaired) electrons. The van der Waals surface area contributed by atoms with Gasteiger partial charge < -0.3 is 21.1 Å². The lowest BCUT2D eigenvalue weighted by atomic mass is 10.0. The molecule has 6 nitrogen and oxygen atoms in total. The number of aromatic nitrogens is 1. The van der Waals surface area contributed by atoms with Crippen molar-refractivity contribution in [1.82, 2.24) is 10.3 Å². The molecule has 5 N–H and O–H groups in total. The highest BCUT2D eigenvalue weighted by atomic mass is 16.4. The molecule has 1 aromatic carbocycles. The average Bonchev–Trinajstić information content (AvgIpc) is 2.87. The third kappa shape index (κ3) is 3.41. The fraction of sp³-hybridized carbons (Fsp3) is 0.333. The minimum absolute atomic E-state index is 0.320. The third-order valence-electron chi connectivity index (χ3n) is 3.47. The Morgan fingerprint density at radius 2 is 2.10 bits per heavy atom. The lowest BCUT2D eigenvalue weighted by Gasteiger charge is -2.16. The van der Waals surface area contributed by atoms with Gasteiger partial charge in [0, 0.05) is 17.1 Å². The summed E-state index contributed by atoms with van der Waals surface area (Å²) in [4.78, 5) is 26.0. The molecule has 112 valence electrons. The summed E-state index contributed by atoms with van der Waals surface area (Å²) in [6, 6.07) is 6.07. The van der Waals surface area contributed by atoms with Gasteiger partial charge in [-0.15, -0.1) is 0 Å². The van der Waals surface area contributed by atoms with E-state index in [9.17, 15) is 9.59 Å². The number of rotatable bonds is 6. The number of carbonyl (C=O) groups excluding carboxylic acids is 1. The Morgan fingerprint density at radius 1 is 1.38 bits per heavy atom. The molecular weight excluding hydrogens is 270 g/mol. The number of hydrogen-bond donors (Lipinski definition) is 4. The van der Waals surface area contributed by atoms with E-state index >= 15 is 0 Å². The van der Waals surface area contributed by atoms with E-state index in [2.05, 4.69) is 10.3 Å². The minimum Gasteiger partial charge on any atom is -0.480 e. The van der Waals surface area contributed by atoms with Gasteiger partial charge in [-0.25, -0.2) is 4.79 Å². The van der Waals surface area contributed by atoms with Gasteiger partial charge in [0.05, 0.1) is 6.04 Å². The maximum atomic E-state index is 12.0. The number of fused-ring (bicyclic) bond motifs is 1. The Morgan fingerprint density at radius 3 is 2.76 bits per heavy atom. The number of nitrogens with two attached hydrogens (primary N) is 1. The molecule has 6 heteroatoms. The summed E-state index contributed by atoms with van der Waals surface area (Å²) in [6.45, 7) is 1.70. The summed E-state index contributed by atoms with van der Waals surface area (Å²) < 4.78 is 0. The SMILES string of the molecule is CC[C@H](NC(=O)C(N)Cc1c[nH]c2ccccc12)C(=O)O. The molecule has 0 spiro atoms. The van der Waals surface area contributed by atoms with Crippen molar-refractivity contribution in [2.75, 3.05) is 0 Å². The summed E-state index contributed by atoms with van der Waals surface area (Å²) in [7, 11) is 0. The van der Waals surface area contributed by atoms with E-state index < -0.39 is 24.0 Å². The van der Waals surface area contributed by atoms with Crippen LogP contribution in [0.15, 0.2) is 30.5 Å². The Labute approximate surface area is 122 Å². The third-order valence-corrected chi connectivity index (χ3v) is 3.47. The number of hydrogen-bond acceptors (Lipinski definition) is 3. The van der Waals surface area contributed by atoms with E-state index in [4.69, 9.17) is 10.8 Å². The zero-order valence-electron chi connectivity index (χ0n) is 11.8. The summed E-state index contributed by atoms with van der Waals surface area (Å²) in [5.41, 5.74) is 7.81. The highest BCUT2D eigenvalue weighted by Gasteiger charge is 2.22. The van der Waals surface area contributed by atoms with Crippen LogP contribution >= 0.6 is 0 Å². The second-order valence-corrected chi connectivity index (χ2v) is 4.98. The van der Waals surface area contributed by atoms with Crippen molar-refractivity contribution in [1.29, 1.82) is 0 Å². The molecule has 0 bridgehead atoms. The predicted molar refractivity (Wildman–Crippen MR) is 79.8 cm³/mol. The number of carbonyl (C=O) groups is 2. The molecule has 0 aliphatic heterocycles. The largest absolute Gasteiger partial charge is 0.480 e. The van der Waals surface area contributed by atoms with Crippen molar-refractivity contribution in [3.05, 3.63) is 36.0 Å². The van der Waals surface area contributed by atoms with E-state index in [1.165, 1.54) is 0 Å². The standard InChI is InChI=1S/C15H19N3O3/c1-2-12(15(20)21)18-14(19)11(16)7-9-8-17-13-6-4-3-5-10(9)13/h3-6,8,11-12,17H,2,7,16H2,1H3,(H,18,19)(H,20,21)/t11?,12-/m0/s1. The number of nitrogens with one attached hydrogen (secondary N) is 2. The lowest BCUT2D eigenvalue weighted by Crippen LogP contribution is -2.48. The average molecular weight is 289 g/mol. The maximum Gasteiger partial charge on any atom is 0.326 e. The highest BCUT2D eigenvalue weighted by molar-refractivity contribution is 5.88. The second-order valence-electron chi connectivity index (χ2n) is 4.98. The molecule has 0 fully saturated rings. The highest BCUT2D eigenvalue weighted by Crippen LogP contribution is 2.18. The van der Waals surface area contributed by atoms with Crippen LogP contribution in [0.2, 0.25) is 0 Å². The van der Waals surface area contributed by atoms with Crippen LogP contribution in [-0.4, -0.2) is 34.1 Å². The van der Waals surface area contributed by atoms with Gasteiger partial charge in [-0.1, -0.05) is 25.1 Å². The van der Waals surface area contributed by atoms with Crippen LogP contribution in [0.4, 0.5) is 0 Å². The van der Waals surface area contributed by atoms with Gasteiger partial charge in [0.15, 0.2) is 0 Å². The Kier molecular flexibility index (Phi) is 4.59. The first-order valence-electron chi connectivity index (χ1n) is 6.86. The van der Waals surface area contributed by atoms with Gasteiger partial charge >= 0.3 is 5.97 Å². The van der Waals surface area contributed by atoms with Crippen molar-refractivity contribution in [3.8, 4) is 0 Å². The Balaban J connectivity index is 2.05. The topological polar surface area (TPSA) is 108 Å². The van der Waals surface area contributed by atoms with Crippen molar-refractivity contribution in [3.63, 3.8) is 0 Å². The molecule has 1 unspecified atom stereocenters. The maximum absolute atomic E-state index is 12.0. The lowest BCUT2D eigenvalue weighted by molar-refractivity contribution is -0.142. The van der Waals surface area contributed by atoms with Gasteiger partial charge in [0.2, 0.25) is 5.91 Å². The first-order chi connectivity index (χ1) is 10.0. The molecule has 0 aliphatic carbocycles. The summed E-state index contributed by atoms with van der Waals surface area (Å²) in [5, 5.41) is 12.4. The number of carboxylic acid groups (broad SMARTS) is 1. The van der Waals surface area contributed by atoms with Crippen LogP contribution in [0.1, 0.15) is 18.9 Å². The van der Waals surface area contributed by atoms with Crippen molar-refractivity contribution >= 4 is 22.8 Å². The van der Waals surface area contributed by atoms with Crippen molar-refractivity contribution < 1.29 is 14.7 Å². The first kappa shape index (κ1) is 15.1. The second kappa shape index (κ2) is 6.41. The molecule has 2 atom stereocenters. The van der Waals surface area contributed by atoms with E-state index in [0.29, 0.717) is 12.8 Å². The fourth-order valence-electron chi connectivity index (χ4n) is 2.25. The Hall–Kier alpha value is -2.34. The van der Waals surface area contributed by atoms with Crippen LogP contribution in [0.3, 0.4) is 0 Å². The predicted octanol–water partition coefficient (Wildman–Crippen LogP) is 1.02. The smallest absolute Gasteiger partial charge is 0.326 e. The van der Waals surface area contributed by atoms with Crippen LogP contribution in [0.5, 0.6) is 0 Å². The minimum atomic E-state index is -1.05. The molecule has 21 heavy (non-hydrogen) atoms. The normalized spacial score (nSPS) is 13.8. The van der Waals surface area contributed by atoms with Crippen LogP contribution in [0.25, 0.3) is 10.9 Å². The number of amides is 1. The molecule has 1 aromatic heterocycles. The van der Waals surface area contributed by atoms with E-state index in [0.717, 1.165) is 16.5 Å². The van der Waals surface area contributed by atoms with Gasteiger partial charge in [0.1, 0.15) is 6.04 Å². The number of aromatic amines is 1. The summed E-state index contributed by atoms with van der Waals surface area (Å²) in [5.74, 6) is -1.50. The summed E-state index contributed by atoms with van der Waals surface area (Å²) >= 11 is 0. The molecule has 1 amide bonds. The Bertz CT molecular complexity index is 650. The zero-order chi connectivity index (χ0) is 15.4. The van der Waals surface area contributed by atoms with E-state index in [1.54, 1.807) is 6.92 Å².